The molecular formula is C11H9BrN4O. The number of carbonyl (C=O) groups excluding carboxylic acids is 1. The summed E-state index contributed by atoms with van der Waals surface area (Å²) in [5, 5.41) is 2.63. The van der Waals surface area contributed by atoms with Gasteiger partial charge in [0, 0.05) is 10.7 Å². The van der Waals surface area contributed by atoms with Crippen molar-refractivity contribution in [3.63, 3.8) is 0 Å². The van der Waals surface area contributed by atoms with Gasteiger partial charge in [0.25, 0.3) is 5.91 Å². The lowest BCUT2D eigenvalue weighted by Crippen LogP contribution is -2.14. The molecule has 2 heterocycles. The first kappa shape index (κ1) is 11.5. The number of nitrogen functional groups attached to an aromatic ring is 1. The van der Waals surface area contributed by atoms with Crippen LogP contribution in [0.3, 0.4) is 0 Å². The molecule has 0 radical (unpaired) electrons. The number of carbonyl (C=O) groups is 1. The van der Waals surface area contributed by atoms with E-state index in [9.17, 15) is 4.79 Å². The maximum Gasteiger partial charge on any atom is 0.275 e. The van der Waals surface area contributed by atoms with E-state index in [1.165, 1.54) is 6.20 Å². The molecule has 17 heavy (non-hydrogen) atoms. The van der Waals surface area contributed by atoms with Crippen LogP contribution in [0.4, 0.5) is 11.5 Å². The van der Waals surface area contributed by atoms with Crippen molar-refractivity contribution >= 4 is 33.3 Å². The molecule has 0 aromatic carbocycles. The van der Waals surface area contributed by atoms with Gasteiger partial charge in [0.15, 0.2) is 0 Å². The van der Waals surface area contributed by atoms with Gasteiger partial charge in [-0.05, 0) is 40.2 Å². The number of amides is 1. The zero-order chi connectivity index (χ0) is 12.3. The molecule has 0 saturated carbocycles. The lowest BCUT2D eigenvalue weighted by molar-refractivity contribution is 0.102. The Hall–Kier alpha value is -1.95. The zero-order valence-corrected chi connectivity index (χ0v) is 10.3. The van der Waals surface area contributed by atoms with E-state index in [0.29, 0.717) is 17.2 Å². The second-order valence-corrected chi connectivity index (χ2v) is 4.21. The number of rotatable bonds is 2. The van der Waals surface area contributed by atoms with Crippen LogP contribution in [-0.4, -0.2) is 15.9 Å². The first-order valence-electron chi connectivity index (χ1n) is 4.79. The highest BCUT2D eigenvalue weighted by atomic mass is 79.9. The molecule has 5 nitrogen and oxygen atoms in total. The number of nitrogens with one attached hydrogen (secondary N) is 1. The monoisotopic (exact) mass is 292 g/mol. The van der Waals surface area contributed by atoms with Crippen molar-refractivity contribution in [3.05, 3.63) is 46.8 Å². The van der Waals surface area contributed by atoms with Crippen LogP contribution in [0.1, 0.15) is 10.5 Å². The van der Waals surface area contributed by atoms with Gasteiger partial charge in [-0.3, -0.25) is 4.79 Å². The lowest BCUT2D eigenvalue weighted by atomic mass is 10.3. The Labute approximate surface area is 106 Å². The highest BCUT2D eigenvalue weighted by Gasteiger charge is 2.07. The Morgan fingerprint density at radius 3 is 2.59 bits per heavy atom. The minimum atomic E-state index is -0.320. The van der Waals surface area contributed by atoms with Crippen LogP contribution in [0, 0.1) is 0 Å². The zero-order valence-electron chi connectivity index (χ0n) is 8.72. The molecule has 2 aromatic heterocycles. The first-order chi connectivity index (χ1) is 8.15. The summed E-state index contributed by atoms with van der Waals surface area (Å²) < 4.78 is 0.848. The third-order valence-electron chi connectivity index (χ3n) is 1.99. The van der Waals surface area contributed by atoms with Crippen molar-refractivity contribution in [2.45, 2.75) is 0 Å². The predicted molar refractivity (Wildman–Crippen MR) is 68.5 cm³/mol. The molecule has 2 aromatic rings. The predicted octanol–water partition coefficient (Wildman–Crippen LogP) is 2.07. The van der Waals surface area contributed by atoms with Crippen molar-refractivity contribution in [2.24, 2.45) is 0 Å². The van der Waals surface area contributed by atoms with E-state index in [2.05, 4.69) is 31.2 Å². The molecule has 2 rings (SSSR count). The Kier molecular flexibility index (Phi) is 3.34. The van der Waals surface area contributed by atoms with Gasteiger partial charge in [-0.1, -0.05) is 0 Å². The van der Waals surface area contributed by atoms with Crippen molar-refractivity contribution in [1.82, 2.24) is 9.97 Å². The van der Waals surface area contributed by atoms with E-state index in [1.54, 1.807) is 30.5 Å². The number of nitrogens with zero attached hydrogens (tertiary/aromatic N) is 2. The van der Waals surface area contributed by atoms with Gasteiger partial charge in [0.05, 0.1) is 11.9 Å². The fraction of sp³-hybridized carbons (Fsp3) is 0. The molecule has 0 spiro atoms. The highest BCUT2D eigenvalue weighted by molar-refractivity contribution is 9.10. The van der Waals surface area contributed by atoms with Gasteiger partial charge < -0.3 is 11.1 Å². The van der Waals surface area contributed by atoms with Crippen LogP contribution >= 0.6 is 15.9 Å². The summed E-state index contributed by atoms with van der Waals surface area (Å²) >= 11 is 3.26. The van der Waals surface area contributed by atoms with Crippen LogP contribution in [-0.2, 0) is 0 Å². The Bertz CT molecular complexity index is 524. The number of pyridine rings is 2. The molecule has 86 valence electrons. The number of hydrogen-bond donors (Lipinski definition) is 2. The molecule has 0 fully saturated rings. The van der Waals surface area contributed by atoms with Gasteiger partial charge in [-0.25, -0.2) is 9.97 Å². The molecule has 0 saturated heterocycles. The highest BCUT2D eigenvalue weighted by Crippen LogP contribution is 2.11. The van der Waals surface area contributed by atoms with Crippen molar-refractivity contribution < 1.29 is 4.79 Å². The molecule has 6 heteroatoms. The molecule has 3 N–H and O–H groups in total. The number of anilines is 2. The summed E-state index contributed by atoms with van der Waals surface area (Å²) in [6.07, 6.45) is 3.04. The third-order valence-corrected chi connectivity index (χ3v) is 2.46. The normalized spacial score (nSPS) is 9.94. The summed E-state index contributed by atoms with van der Waals surface area (Å²) in [6.45, 7) is 0. The molecule has 0 aliphatic heterocycles. The SMILES string of the molecule is Nc1ccc(C(=O)Nc2ccc(Br)cn2)nc1. The van der Waals surface area contributed by atoms with Gasteiger partial charge in [-0.2, -0.15) is 0 Å². The first-order valence-corrected chi connectivity index (χ1v) is 5.59. The maximum absolute atomic E-state index is 11.7. The summed E-state index contributed by atoms with van der Waals surface area (Å²) in [5.41, 5.74) is 6.30. The van der Waals surface area contributed by atoms with Crippen molar-refractivity contribution in [2.75, 3.05) is 11.1 Å². The fourth-order valence-electron chi connectivity index (χ4n) is 1.17. The smallest absolute Gasteiger partial charge is 0.275 e. The second kappa shape index (κ2) is 4.92. The average molecular weight is 293 g/mol. The summed E-state index contributed by atoms with van der Waals surface area (Å²) in [4.78, 5) is 19.7. The van der Waals surface area contributed by atoms with Crippen LogP contribution in [0.2, 0.25) is 0 Å². The Morgan fingerprint density at radius 2 is 2.00 bits per heavy atom. The average Bonchev–Trinajstić information content (AvgIpc) is 2.33. The third kappa shape index (κ3) is 3.01. The molecule has 0 atom stereocenters. The van der Waals surface area contributed by atoms with Gasteiger partial charge in [0.2, 0.25) is 0 Å². The van der Waals surface area contributed by atoms with E-state index in [-0.39, 0.29) is 5.91 Å². The molecule has 1 amide bonds. The Morgan fingerprint density at radius 1 is 1.18 bits per heavy atom. The number of aromatic nitrogens is 2. The minimum absolute atomic E-state index is 0.295. The van der Waals surface area contributed by atoms with E-state index >= 15 is 0 Å². The van der Waals surface area contributed by atoms with Crippen molar-refractivity contribution in [3.8, 4) is 0 Å². The van der Waals surface area contributed by atoms with Crippen LogP contribution in [0.25, 0.3) is 0 Å². The lowest BCUT2D eigenvalue weighted by Gasteiger charge is -2.03. The van der Waals surface area contributed by atoms with Crippen molar-refractivity contribution in [1.29, 1.82) is 0 Å². The quantitative estimate of drug-likeness (QED) is 0.888. The molecule has 0 aliphatic rings. The number of nitrogens with two attached hydrogens (primary N) is 1. The maximum atomic E-state index is 11.7. The Balaban J connectivity index is 2.11. The van der Waals surface area contributed by atoms with Crippen LogP contribution < -0.4 is 11.1 Å². The van der Waals surface area contributed by atoms with Gasteiger partial charge in [-0.15, -0.1) is 0 Å². The topological polar surface area (TPSA) is 80.9 Å². The van der Waals surface area contributed by atoms with E-state index < -0.39 is 0 Å². The second-order valence-electron chi connectivity index (χ2n) is 3.29. The van der Waals surface area contributed by atoms with Gasteiger partial charge >= 0.3 is 0 Å². The molecule has 0 aliphatic carbocycles. The van der Waals surface area contributed by atoms with E-state index in [1.807, 2.05) is 0 Å². The van der Waals surface area contributed by atoms with Crippen LogP contribution in [0.15, 0.2) is 41.1 Å². The summed E-state index contributed by atoms with van der Waals surface area (Å²) in [5.74, 6) is 0.150. The minimum Gasteiger partial charge on any atom is -0.397 e. The standard InChI is InChI=1S/C11H9BrN4O/c12-7-1-4-10(15-5-7)16-11(17)9-3-2-8(13)6-14-9/h1-6H,13H2,(H,15,16,17). The summed E-state index contributed by atoms with van der Waals surface area (Å²) in [7, 11) is 0. The summed E-state index contributed by atoms with van der Waals surface area (Å²) in [6, 6.07) is 6.67. The van der Waals surface area contributed by atoms with Crippen LogP contribution in [0.5, 0.6) is 0 Å². The van der Waals surface area contributed by atoms with E-state index in [0.717, 1.165) is 4.47 Å². The largest absolute Gasteiger partial charge is 0.397 e. The fourth-order valence-corrected chi connectivity index (χ4v) is 1.40. The number of hydrogen-bond acceptors (Lipinski definition) is 4. The molecular weight excluding hydrogens is 284 g/mol. The van der Waals surface area contributed by atoms with Gasteiger partial charge in [0.1, 0.15) is 11.5 Å². The molecule has 0 bridgehead atoms. The van der Waals surface area contributed by atoms with E-state index in [4.69, 9.17) is 5.73 Å². The number of halogens is 1. The molecule has 0 unspecified atom stereocenters.